The van der Waals surface area contributed by atoms with Gasteiger partial charge < -0.3 is 4.74 Å². The molecule has 2 heterocycles. The quantitative estimate of drug-likeness (QED) is 0.503. The molecule has 0 saturated carbocycles. The second-order valence-electron chi connectivity index (χ2n) is 6.74. The summed E-state index contributed by atoms with van der Waals surface area (Å²) < 4.78 is 43.6. The topological polar surface area (TPSA) is 84.9 Å². The second kappa shape index (κ2) is 7.65. The summed E-state index contributed by atoms with van der Waals surface area (Å²) in [5.41, 5.74) is 0.0216. The number of Topliss-reactive ketones (excluding diaryl/α,β-unsaturated/α-hetero) is 1. The van der Waals surface area contributed by atoms with Gasteiger partial charge in [0.25, 0.3) is 0 Å². The summed E-state index contributed by atoms with van der Waals surface area (Å²) in [6, 6.07) is 6.52. The molecule has 2 atom stereocenters. The molecule has 0 saturated heterocycles. The van der Waals surface area contributed by atoms with Gasteiger partial charge in [-0.3, -0.25) is 9.89 Å². The number of halogens is 3. The number of rotatable bonds is 5. The van der Waals surface area contributed by atoms with Crippen molar-refractivity contribution in [3.63, 3.8) is 0 Å². The smallest absolute Gasteiger partial charge is 0.433 e. The summed E-state index contributed by atoms with van der Waals surface area (Å²) in [6.45, 7) is 3.32. The van der Waals surface area contributed by atoms with Gasteiger partial charge in [-0.15, -0.1) is 0 Å². The summed E-state index contributed by atoms with van der Waals surface area (Å²) in [6.07, 6.45) is -3.07. The highest BCUT2D eigenvalue weighted by molar-refractivity contribution is 5.99. The molecule has 1 unspecified atom stereocenters. The summed E-state index contributed by atoms with van der Waals surface area (Å²) in [5, 5.41) is 7.42. The highest BCUT2D eigenvalue weighted by Crippen LogP contribution is 2.33. The average Bonchev–Trinajstić information content (AvgIpc) is 3.17. The van der Waals surface area contributed by atoms with Crippen LogP contribution in [-0.2, 0) is 10.9 Å². The lowest BCUT2D eigenvalue weighted by molar-refractivity contribution is -0.141. The molecule has 0 radical (unpaired) electrons. The summed E-state index contributed by atoms with van der Waals surface area (Å²) in [4.78, 5) is 28.6. The molecular weight excluding hydrogens is 387 g/mol. The predicted octanol–water partition coefficient (Wildman–Crippen LogP) is 4.39. The maximum Gasteiger partial charge on any atom is 0.433 e. The van der Waals surface area contributed by atoms with Gasteiger partial charge in [-0.05, 0) is 35.7 Å². The Morgan fingerprint density at radius 3 is 2.55 bits per heavy atom. The van der Waals surface area contributed by atoms with Gasteiger partial charge in [-0.1, -0.05) is 19.9 Å². The van der Waals surface area contributed by atoms with Crippen molar-refractivity contribution in [2.45, 2.75) is 25.9 Å². The molecule has 0 aliphatic heterocycles. The number of ether oxygens (including phenoxy) is 1. The number of nitrogens with one attached hydrogen (secondary N) is 1. The lowest BCUT2D eigenvalue weighted by Crippen LogP contribution is -2.22. The van der Waals surface area contributed by atoms with Crippen LogP contribution in [0, 0.1) is 5.92 Å². The summed E-state index contributed by atoms with van der Waals surface area (Å²) in [5.74, 6) is -2.36. The molecule has 0 fully saturated rings. The van der Waals surface area contributed by atoms with E-state index in [1.807, 2.05) is 0 Å². The Morgan fingerprint density at radius 1 is 1.17 bits per heavy atom. The number of H-pyrrole nitrogens is 1. The standard InChI is InChI=1S/C20H18F3N3O3/c1-10(11(2)18(27)15-5-4-6-17(25-15)20(21,22)23)13-7-12-9-24-26-16(12)8-14(13)19(28)29-3/h4-11H,1-3H3,(H,24,26)/t10-,11?/m0/s1. The molecule has 2 aromatic heterocycles. The van der Waals surface area contributed by atoms with E-state index >= 15 is 0 Å². The van der Waals surface area contributed by atoms with Crippen molar-refractivity contribution in [2.24, 2.45) is 5.92 Å². The van der Waals surface area contributed by atoms with Crippen molar-refractivity contribution >= 4 is 22.7 Å². The van der Waals surface area contributed by atoms with E-state index in [2.05, 4.69) is 15.2 Å². The zero-order chi connectivity index (χ0) is 21.3. The van der Waals surface area contributed by atoms with Gasteiger partial charge in [0.2, 0.25) is 0 Å². The normalized spacial score (nSPS) is 13.9. The van der Waals surface area contributed by atoms with Gasteiger partial charge in [0.1, 0.15) is 11.4 Å². The SMILES string of the molecule is COC(=O)c1cc2[nH]ncc2cc1[C@@H](C)C(C)C(=O)c1cccc(C(F)(F)F)n1. The number of pyridine rings is 1. The third-order valence-electron chi connectivity index (χ3n) is 4.96. The van der Waals surface area contributed by atoms with Crippen LogP contribution in [0.25, 0.3) is 10.9 Å². The van der Waals surface area contributed by atoms with Crippen molar-refractivity contribution in [1.82, 2.24) is 15.2 Å². The molecule has 3 aromatic rings. The first kappa shape index (κ1) is 20.5. The van der Waals surface area contributed by atoms with Gasteiger partial charge in [0, 0.05) is 11.3 Å². The number of alkyl halides is 3. The van der Waals surface area contributed by atoms with Crippen molar-refractivity contribution in [1.29, 1.82) is 0 Å². The zero-order valence-electron chi connectivity index (χ0n) is 15.9. The zero-order valence-corrected chi connectivity index (χ0v) is 15.9. The van der Waals surface area contributed by atoms with Gasteiger partial charge in [-0.2, -0.15) is 18.3 Å². The molecule has 6 nitrogen and oxygen atoms in total. The van der Waals surface area contributed by atoms with Crippen LogP contribution in [0.3, 0.4) is 0 Å². The monoisotopic (exact) mass is 405 g/mol. The molecular formula is C20H18F3N3O3. The van der Waals surface area contributed by atoms with E-state index in [4.69, 9.17) is 4.74 Å². The van der Waals surface area contributed by atoms with Crippen LogP contribution in [0.4, 0.5) is 13.2 Å². The van der Waals surface area contributed by atoms with E-state index in [0.717, 1.165) is 17.5 Å². The molecule has 29 heavy (non-hydrogen) atoms. The number of carbonyl (C=O) groups excluding carboxylic acids is 2. The van der Waals surface area contributed by atoms with Crippen LogP contribution >= 0.6 is 0 Å². The number of esters is 1. The molecule has 3 rings (SSSR count). The number of aromatic nitrogens is 3. The minimum Gasteiger partial charge on any atom is -0.465 e. The highest BCUT2D eigenvalue weighted by atomic mass is 19.4. The number of carbonyl (C=O) groups is 2. The molecule has 1 aromatic carbocycles. The predicted molar refractivity (Wildman–Crippen MR) is 98.6 cm³/mol. The van der Waals surface area contributed by atoms with Crippen molar-refractivity contribution in [2.75, 3.05) is 7.11 Å². The number of ketones is 1. The van der Waals surface area contributed by atoms with Crippen LogP contribution in [0.1, 0.15) is 51.9 Å². The fourth-order valence-corrected chi connectivity index (χ4v) is 3.13. The van der Waals surface area contributed by atoms with Gasteiger partial charge in [-0.25, -0.2) is 9.78 Å². The molecule has 0 spiro atoms. The van der Waals surface area contributed by atoms with Crippen molar-refractivity contribution in [3.05, 3.63) is 59.0 Å². The first-order valence-electron chi connectivity index (χ1n) is 8.77. The van der Waals surface area contributed by atoms with E-state index in [1.165, 1.54) is 13.2 Å². The Bertz CT molecular complexity index is 1080. The number of hydrogen-bond donors (Lipinski definition) is 1. The molecule has 0 amide bonds. The Balaban J connectivity index is 1.99. The van der Waals surface area contributed by atoms with Crippen molar-refractivity contribution in [3.8, 4) is 0 Å². The third kappa shape index (κ3) is 3.98. The summed E-state index contributed by atoms with van der Waals surface area (Å²) >= 11 is 0. The molecule has 9 heteroatoms. The lowest BCUT2D eigenvalue weighted by atomic mass is 9.82. The lowest BCUT2D eigenvalue weighted by Gasteiger charge is -2.21. The number of aromatic amines is 1. The highest BCUT2D eigenvalue weighted by Gasteiger charge is 2.34. The minimum atomic E-state index is -4.64. The number of methoxy groups -OCH3 is 1. The Kier molecular flexibility index (Phi) is 5.41. The minimum absolute atomic E-state index is 0.258. The van der Waals surface area contributed by atoms with Gasteiger partial charge in [0.05, 0.1) is 24.4 Å². The van der Waals surface area contributed by atoms with Gasteiger partial charge in [0.15, 0.2) is 5.78 Å². The number of nitrogens with zero attached hydrogens (tertiary/aromatic N) is 2. The van der Waals surface area contributed by atoms with E-state index < -0.39 is 35.5 Å². The van der Waals surface area contributed by atoms with Crippen LogP contribution in [0.15, 0.2) is 36.5 Å². The van der Waals surface area contributed by atoms with Gasteiger partial charge >= 0.3 is 12.1 Å². The number of fused-ring (bicyclic) bond motifs is 1. The largest absolute Gasteiger partial charge is 0.465 e. The average molecular weight is 405 g/mol. The van der Waals surface area contributed by atoms with E-state index in [0.29, 0.717) is 11.1 Å². The molecule has 0 aliphatic rings. The van der Waals surface area contributed by atoms with E-state index in [1.54, 1.807) is 32.2 Å². The Morgan fingerprint density at radius 2 is 1.90 bits per heavy atom. The molecule has 0 aliphatic carbocycles. The van der Waals surface area contributed by atoms with Crippen LogP contribution in [0.5, 0.6) is 0 Å². The Labute approximate surface area is 164 Å². The Hall–Kier alpha value is -3.23. The maximum atomic E-state index is 12.9. The summed E-state index contributed by atoms with van der Waals surface area (Å²) in [7, 11) is 1.25. The van der Waals surface area contributed by atoms with Crippen LogP contribution in [0.2, 0.25) is 0 Å². The van der Waals surface area contributed by atoms with Crippen LogP contribution in [-0.4, -0.2) is 34.0 Å². The fourth-order valence-electron chi connectivity index (χ4n) is 3.13. The maximum absolute atomic E-state index is 12.9. The van der Waals surface area contributed by atoms with E-state index in [9.17, 15) is 22.8 Å². The molecule has 0 bridgehead atoms. The second-order valence-corrected chi connectivity index (χ2v) is 6.74. The first-order chi connectivity index (χ1) is 13.6. The number of hydrogen-bond acceptors (Lipinski definition) is 5. The van der Waals surface area contributed by atoms with E-state index in [-0.39, 0.29) is 11.3 Å². The van der Waals surface area contributed by atoms with Crippen LogP contribution < -0.4 is 0 Å². The molecule has 1 N–H and O–H groups in total. The first-order valence-corrected chi connectivity index (χ1v) is 8.77. The number of benzene rings is 1. The van der Waals surface area contributed by atoms with Crippen molar-refractivity contribution < 1.29 is 27.5 Å². The third-order valence-corrected chi connectivity index (χ3v) is 4.96. The molecule has 152 valence electrons. The fraction of sp³-hybridized carbons (Fsp3) is 0.300.